The van der Waals surface area contributed by atoms with Gasteiger partial charge in [0, 0.05) is 37.8 Å². The summed E-state index contributed by atoms with van der Waals surface area (Å²) < 4.78 is 9.44. The molecule has 106 valence electrons. The third-order valence-corrected chi connectivity index (χ3v) is 4.87. The smallest absolute Gasteiger partial charge is 0.205 e. The van der Waals surface area contributed by atoms with E-state index in [4.69, 9.17) is 4.74 Å². The molecule has 0 unspecified atom stereocenters. The summed E-state index contributed by atoms with van der Waals surface area (Å²) in [6.45, 7) is 5.31. The minimum atomic E-state index is 0.514. The number of piperidine rings is 1. The molecule has 2 aliphatic rings. The number of nitrogens with zero attached hydrogens (tertiary/aromatic N) is 4. The maximum Gasteiger partial charge on any atom is 0.205 e. The second-order valence-electron chi connectivity index (χ2n) is 5.41. The summed E-state index contributed by atoms with van der Waals surface area (Å²) >= 11 is 1.51. The maximum absolute atomic E-state index is 5.09. The number of methoxy groups -OCH3 is 1. The lowest BCUT2D eigenvalue weighted by atomic mass is 10.1. The normalized spacial score (nSPS) is 25.1. The lowest BCUT2D eigenvalue weighted by Crippen LogP contribution is -2.47. The first-order chi connectivity index (χ1) is 9.36. The zero-order valence-corrected chi connectivity index (χ0v) is 12.4. The van der Waals surface area contributed by atoms with Crippen LogP contribution in [0.25, 0.3) is 0 Å². The van der Waals surface area contributed by atoms with Crippen molar-refractivity contribution in [1.29, 1.82) is 0 Å². The van der Waals surface area contributed by atoms with Crippen LogP contribution in [0.5, 0.6) is 0 Å². The quantitative estimate of drug-likeness (QED) is 0.841. The highest BCUT2D eigenvalue weighted by Crippen LogP contribution is 2.25. The number of rotatable bonds is 4. The molecular weight excluding hydrogens is 260 g/mol. The number of likely N-dealkylation sites (tertiary alicyclic amines) is 1. The first-order valence-corrected chi connectivity index (χ1v) is 7.94. The third kappa shape index (κ3) is 3.07. The lowest BCUT2D eigenvalue weighted by Gasteiger charge is -2.37. The van der Waals surface area contributed by atoms with E-state index in [0.717, 1.165) is 24.0 Å². The zero-order chi connectivity index (χ0) is 13.1. The number of anilines is 1. The van der Waals surface area contributed by atoms with Gasteiger partial charge in [0.1, 0.15) is 6.61 Å². The Balaban J connectivity index is 1.63. The highest BCUT2D eigenvalue weighted by Gasteiger charge is 2.28. The fraction of sp³-hybridized carbons (Fsp3) is 0.846. The van der Waals surface area contributed by atoms with Crippen LogP contribution in [0.2, 0.25) is 0 Å². The van der Waals surface area contributed by atoms with Gasteiger partial charge in [0.25, 0.3) is 0 Å². The Bertz CT molecular complexity index is 405. The summed E-state index contributed by atoms with van der Waals surface area (Å²) in [6, 6.07) is 0.714. The van der Waals surface area contributed by atoms with E-state index in [1.807, 2.05) is 0 Å². The Morgan fingerprint density at radius 1 is 1.26 bits per heavy atom. The summed E-state index contributed by atoms with van der Waals surface area (Å²) in [4.78, 5) is 9.64. The van der Waals surface area contributed by atoms with Crippen molar-refractivity contribution in [3.8, 4) is 0 Å². The SMILES string of the molecule is COCc1nsc(N2CCC[C@H](N3CCCC3)C2)n1. The van der Waals surface area contributed by atoms with Crippen LogP contribution in [-0.4, -0.2) is 53.6 Å². The predicted molar refractivity (Wildman–Crippen MR) is 76.7 cm³/mol. The van der Waals surface area contributed by atoms with Crippen LogP contribution in [-0.2, 0) is 11.3 Å². The highest BCUT2D eigenvalue weighted by molar-refractivity contribution is 7.09. The molecule has 3 heterocycles. The lowest BCUT2D eigenvalue weighted by molar-refractivity contribution is 0.179. The summed E-state index contributed by atoms with van der Waals surface area (Å²) in [7, 11) is 1.69. The maximum atomic E-state index is 5.09. The van der Waals surface area contributed by atoms with Crippen molar-refractivity contribution < 1.29 is 4.74 Å². The molecule has 0 N–H and O–H groups in total. The molecule has 0 amide bonds. The first kappa shape index (κ1) is 13.3. The van der Waals surface area contributed by atoms with Crippen LogP contribution in [0.15, 0.2) is 0 Å². The molecule has 2 fully saturated rings. The molecule has 6 heteroatoms. The Kier molecular flexibility index (Phi) is 4.30. The van der Waals surface area contributed by atoms with E-state index in [-0.39, 0.29) is 0 Å². The zero-order valence-electron chi connectivity index (χ0n) is 11.5. The van der Waals surface area contributed by atoms with Gasteiger partial charge in [0.15, 0.2) is 5.82 Å². The Hall–Kier alpha value is -0.720. The molecule has 0 bridgehead atoms. The average molecular weight is 282 g/mol. The van der Waals surface area contributed by atoms with Crippen LogP contribution >= 0.6 is 11.5 Å². The van der Waals surface area contributed by atoms with Crippen LogP contribution < -0.4 is 4.90 Å². The third-order valence-electron chi connectivity index (χ3n) is 4.05. The van der Waals surface area contributed by atoms with Crippen molar-refractivity contribution >= 4 is 16.7 Å². The van der Waals surface area contributed by atoms with Crippen molar-refractivity contribution in [3.05, 3.63) is 5.82 Å². The van der Waals surface area contributed by atoms with Gasteiger partial charge in [-0.05, 0) is 38.8 Å². The fourth-order valence-corrected chi connectivity index (χ4v) is 3.80. The molecule has 1 aromatic rings. The molecule has 19 heavy (non-hydrogen) atoms. The monoisotopic (exact) mass is 282 g/mol. The molecule has 0 spiro atoms. The van der Waals surface area contributed by atoms with Gasteiger partial charge in [-0.25, -0.2) is 4.98 Å². The number of ether oxygens (including phenoxy) is 1. The van der Waals surface area contributed by atoms with Gasteiger partial charge in [-0.3, -0.25) is 4.90 Å². The fourth-order valence-electron chi connectivity index (χ4n) is 3.09. The van der Waals surface area contributed by atoms with Crippen molar-refractivity contribution in [2.24, 2.45) is 0 Å². The standard InChI is InChI=1S/C13H22N4OS/c1-18-10-12-14-13(19-15-12)17-8-4-5-11(9-17)16-6-2-3-7-16/h11H,2-10H2,1H3/t11-/m0/s1. The molecule has 0 saturated carbocycles. The molecule has 3 rings (SSSR count). The molecule has 5 nitrogen and oxygen atoms in total. The Morgan fingerprint density at radius 2 is 2.11 bits per heavy atom. The second kappa shape index (κ2) is 6.15. The molecule has 2 saturated heterocycles. The molecule has 2 aliphatic heterocycles. The molecule has 0 aromatic carbocycles. The van der Waals surface area contributed by atoms with E-state index >= 15 is 0 Å². The summed E-state index contributed by atoms with van der Waals surface area (Å²) in [5.41, 5.74) is 0. The van der Waals surface area contributed by atoms with Crippen molar-refractivity contribution in [1.82, 2.24) is 14.3 Å². The van der Waals surface area contributed by atoms with Crippen LogP contribution in [0.4, 0.5) is 5.13 Å². The highest BCUT2D eigenvalue weighted by atomic mass is 32.1. The van der Waals surface area contributed by atoms with Crippen molar-refractivity contribution in [2.75, 3.05) is 38.2 Å². The topological polar surface area (TPSA) is 41.5 Å². The van der Waals surface area contributed by atoms with Gasteiger partial charge in [-0.15, -0.1) is 0 Å². The molecule has 0 radical (unpaired) electrons. The van der Waals surface area contributed by atoms with Crippen molar-refractivity contribution in [2.45, 2.75) is 38.3 Å². The number of hydrogen-bond acceptors (Lipinski definition) is 6. The van der Waals surface area contributed by atoms with Crippen LogP contribution in [0, 0.1) is 0 Å². The van der Waals surface area contributed by atoms with Gasteiger partial charge < -0.3 is 9.64 Å². The van der Waals surface area contributed by atoms with E-state index in [2.05, 4.69) is 19.2 Å². The summed E-state index contributed by atoms with van der Waals surface area (Å²) in [5, 5.41) is 1.07. The molecular formula is C13H22N4OS. The van der Waals surface area contributed by atoms with E-state index in [0.29, 0.717) is 12.6 Å². The molecule has 1 atom stereocenters. The Labute approximate surface area is 118 Å². The summed E-state index contributed by atoms with van der Waals surface area (Å²) in [5.74, 6) is 0.811. The summed E-state index contributed by atoms with van der Waals surface area (Å²) in [6.07, 6.45) is 5.33. The molecule has 0 aliphatic carbocycles. The second-order valence-corrected chi connectivity index (χ2v) is 6.14. The number of aromatic nitrogens is 2. The van der Waals surface area contributed by atoms with Crippen LogP contribution in [0.3, 0.4) is 0 Å². The largest absolute Gasteiger partial charge is 0.377 e. The van der Waals surface area contributed by atoms with Gasteiger partial charge in [-0.2, -0.15) is 4.37 Å². The minimum Gasteiger partial charge on any atom is -0.377 e. The van der Waals surface area contributed by atoms with E-state index in [9.17, 15) is 0 Å². The van der Waals surface area contributed by atoms with Crippen LogP contribution in [0.1, 0.15) is 31.5 Å². The van der Waals surface area contributed by atoms with E-state index in [1.54, 1.807) is 7.11 Å². The average Bonchev–Trinajstić information content (AvgIpc) is 3.11. The first-order valence-electron chi connectivity index (χ1n) is 7.17. The predicted octanol–water partition coefficient (Wildman–Crippen LogP) is 1.75. The van der Waals surface area contributed by atoms with Crippen molar-refractivity contribution in [3.63, 3.8) is 0 Å². The minimum absolute atomic E-state index is 0.514. The van der Waals surface area contributed by atoms with Gasteiger partial charge >= 0.3 is 0 Å². The van der Waals surface area contributed by atoms with E-state index in [1.165, 1.54) is 50.3 Å². The molecule has 1 aromatic heterocycles. The van der Waals surface area contributed by atoms with Gasteiger partial charge in [-0.1, -0.05) is 0 Å². The van der Waals surface area contributed by atoms with Gasteiger partial charge in [0.05, 0.1) is 0 Å². The number of hydrogen-bond donors (Lipinski definition) is 0. The Morgan fingerprint density at radius 3 is 2.89 bits per heavy atom. The van der Waals surface area contributed by atoms with E-state index < -0.39 is 0 Å². The van der Waals surface area contributed by atoms with Gasteiger partial charge in [0.2, 0.25) is 5.13 Å².